The van der Waals surface area contributed by atoms with Gasteiger partial charge in [0.2, 0.25) is 10.0 Å². The van der Waals surface area contributed by atoms with E-state index in [0.717, 1.165) is 18.0 Å². The van der Waals surface area contributed by atoms with Crippen molar-refractivity contribution in [3.05, 3.63) is 29.3 Å². The second kappa shape index (κ2) is 5.37. The molecule has 1 aliphatic carbocycles. The maximum Gasteiger partial charge on any atom is 0.261 e. The summed E-state index contributed by atoms with van der Waals surface area (Å²) in [5.41, 5.74) is 0.431. The molecular weight excluding hydrogens is 330 g/mol. The fourth-order valence-electron chi connectivity index (χ4n) is 3.40. The molecule has 2 amide bonds. The van der Waals surface area contributed by atoms with Crippen molar-refractivity contribution >= 4 is 21.8 Å². The number of hydrogen-bond donors (Lipinski definition) is 0. The predicted molar refractivity (Wildman–Crippen MR) is 86.2 cm³/mol. The van der Waals surface area contributed by atoms with Gasteiger partial charge in [-0.25, -0.2) is 8.42 Å². The average molecular weight is 349 g/mol. The van der Waals surface area contributed by atoms with Gasteiger partial charge in [-0.15, -0.1) is 0 Å². The molecule has 7 nitrogen and oxygen atoms in total. The highest BCUT2D eigenvalue weighted by Gasteiger charge is 2.37. The fraction of sp³-hybridized carbons (Fsp3) is 0.500. The first-order valence-corrected chi connectivity index (χ1v) is 9.54. The predicted octanol–water partition coefficient (Wildman–Crippen LogP) is 0.381. The molecule has 0 atom stereocenters. The van der Waals surface area contributed by atoms with E-state index in [1.165, 1.54) is 42.4 Å². The first-order valence-electron chi connectivity index (χ1n) is 8.10. The molecule has 0 N–H and O–H groups in total. The summed E-state index contributed by atoms with van der Waals surface area (Å²) in [6.07, 6.45) is 2.42. The fourth-order valence-corrected chi connectivity index (χ4v) is 4.85. The zero-order chi connectivity index (χ0) is 17.1. The third kappa shape index (κ3) is 2.37. The normalized spacial score (nSPS) is 23.0. The highest BCUT2D eigenvalue weighted by molar-refractivity contribution is 7.89. The Bertz CT molecular complexity index is 824. The Balaban J connectivity index is 1.59. The second-order valence-corrected chi connectivity index (χ2v) is 8.49. The minimum Gasteiger partial charge on any atom is -0.298 e. The molecule has 0 bridgehead atoms. The topological polar surface area (TPSA) is 78.0 Å². The van der Waals surface area contributed by atoms with E-state index >= 15 is 0 Å². The van der Waals surface area contributed by atoms with Gasteiger partial charge in [-0.2, -0.15) is 4.31 Å². The van der Waals surface area contributed by atoms with Crippen LogP contribution in [-0.4, -0.2) is 73.6 Å². The van der Waals surface area contributed by atoms with Crippen LogP contribution in [0.4, 0.5) is 0 Å². The number of carbonyl (C=O) groups is 2. The van der Waals surface area contributed by atoms with Crippen LogP contribution in [0.15, 0.2) is 23.1 Å². The first-order chi connectivity index (χ1) is 11.4. The van der Waals surface area contributed by atoms with Crippen molar-refractivity contribution in [3.63, 3.8) is 0 Å². The molecule has 0 radical (unpaired) electrons. The van der Waals surface area contributed by atoms with Crippen molar-refractivity contribution in [2.45, 2.75) is 23.8 Å². The van der Waals surface area contributed by atoms with E-state index in [4.69, 9.17) is 0 Å². The van der Waals surface area contributed by atoms with Crippen LogP contribution in [0.3, 0.4) is 0 Å². The number of sulfonamides is 1. The molecule has 128 valence electrons. The number of fused-ring (bicyclic) bond motifs is 1. The van der Waals surface area contributed by atoms with Crippen molar-refractivity contribution in [2.24, 2.45) is 0 Å². The van der Waals surface area contributed by atoms with E-state index in [1.807, 2.05) is 0 Å². The number of carbonyl (C=O) groups excluding carboxylic acids is 2. The van der Waals surface area contributed by atoms with Crippen LogP contribution in [0.2, 0.25) is 0 Å². The van der Waals surface area contributed by atoms with Crippen LogP contribution < -0.4 is 0 Å². The first kappa shape index (κ1) is 15.7. The average Bonchev–Trinajstić information content (AvgIpc) is 3.41. The van der Waals surface area contributed by atoms with Crippen molar-refractivity contribution in [1.29, 1.82) is 0 Å². The summed E-state index contributed by atoms with van der Waals surface area (Å²) in [6, 6.07) is 4.83. The Labute approximate surface area is 140 Å². The number of imide groups is 1. The molecule has 3 aliphatic rings. The number of rotatable bonds is 3. The van der Waals surface area contributed by atoms with Gasteiger partial charge >= 0.3 is 0 Å². The lowest BCUT2D eigenvalue weighted by molar-refractivity contribution is 0.0693. The second-order valence-electron chi connectivity index (χ2n) is 6.55. The van der Waals surface area contributed by atoms with Crippen LogP contribution >= 0.6 is 0 Å². The number of amides is 2. The van der Waals surface area contributed by atoms with Crippen LogP contribution in [0.5, 0.6) is 0 Å². The molecule has 0 spiro atoms. The van der Waals surface area contributed by atoms with Crippen LogP contribution in [0, 0.1) is 0 Å². The van der Waals surface area contributed by atoms with Crippen LogP contribution in [0.25, 0.3) is 0 Å². The Kier molecular flexibility index (Phi) is 3.52. The van der Waals surface area contributed by atoms with Gasteiger partial charge < -0.3 is 0 Å². The molecule has 0 aromatic heterocycles. The van der Waals surface area contributed by atoms with Gasteiger partial charge in [0.1, 0.15) is 0 Å². The van der Waals surface area contributed by atoms with Crippen molar-refractivity contribution in [1.82, 2.24) is 14.1 Å². The van der Waals surface area contributed by atoms with Gasteiger partial charge in [0.05, 0.1) is 16.0 Å². The zero-order valence-electron chi connectivity index (χ0n) is 13.4. The van der Waals surface area contributed by atoms with E-state index in [0.29, 0.717) is 19.1 Å². The summed E-state index contributed by atoms with van der Waals surface area (Å²) >= 11 is 0. The molecule has 2 fully saturated rings. The molecular formula is C16H19N3O4S. The maximum absolute atomic E-state index is 12.8. The number of nitrogens with zero attached hydrogens (tertiary/aromatic N) is 3. The number of piperazine rings is 1. The molecule has 2 aliphatic heterocycles. The lowest BCUT2D eigenvalue weighted by Gasteiger charge is -2.34. The lowest BCUT2D eigenvalue weighted by atomic mass is 10.1. The molecule has 24 heavy (non-hydrogen) atoms. The summed E-state index contributed by atoms with van der Waals surface area (Å²) in [6.45, 7) is 2.41. The van der Waals surface area contributed by atoms with Gasteiger partial charge in [-0.3, -0.25) is 19.4 Å². The summed E-state index contributed by atoms with van der Waals surface area (Å²) in [7, 11) is -2.25. The number of hydrogen-bond acceptors (Lipinski definition) is 5. The smallest absolute Gasteiger partial charge is 0.261 e. The van der Waals surface area contributed by atoms with Gasteiger partial charge in [-0.05, 0) is 31.0 Å². The maximum atomic E-state index is 12.8. The van der Waals surface area contributed by atoms with Crippen molar-refractivity contribution < 1.29 is 18.0 Å². The molecule has 8 heteroatoms. The van der Waals surface area contributed by atoms with Crippen molar-refractivity contribution in [2.75, 3.05) is 33.2 Å². The Hall–Kier alpha value is -1.77. The molecule has 1 aromatic carbocycles. The van der Waals surface area contributed by atoms with E-state index in [-0.39, 0.29) is 16.0 Å². The van der Waals surface area contributed by atoms with Gasteiger partial charge in [0.25, 0.3) is 11.8 Å². The van der Waals surface area contributed by atoms with Gasteiger partial charge in [-0.1, -0.05) is 0 Å². The summed E-state index contributed by atoms with van der Waals surface area (Å²) in [5, 5.41) is 0. The van der Waals surface area contributed by atoms with Crippen LogP contribution in [-0.2, 0) is 10.0 Å². The highest BCUT2D eigenvalue weighted by Crippen LogP contribution is 2.30. The largest absolute Gasteiger partial charge is 0.298 e. The van der Waals surface area contributed by atoms with Crippen LogP contribution in [0.1, 0.15) is 33.6 Å². The Morgan fingerprint density at radius 1 is 0.958 bits per heavy atom. The van der Waals surface area contributed by atoms with E-state index in [1.54, 1.807) is 0 Å². The third-order valence-corrected chi connectivity index (χ3v) is 6.93. The number of benzene rings is 1. The minimum absolute atomic E-state index is 0.0811. The van der Waals surface area contributed by atoms with E-state index < -0.39 is 21.8 Å². The standard InChI is InChI=1S/C16H19N3O4S/c1-17-15(20)13-5-4-12(10-14(13)16(17)21)24(22,23)19-8-6-18(7-9-19)11-2-3-11/h4-5,10-11H,2-3,6-9H2,1H3. The zero-order valence-corrected chi connectivity index (χ0v) is 14.3. The van der Waals surface area contributed by atoms with Gasteiger partial charge in [0.15, 0.2) is 0 Å². The minimum atomic E-state index is -3.65. The van der Waals surface area contributed by atoms with E-state index in [2.05, 4.69) is 4.90 Å². The summed E-state index contributed by atoms with van der Waals surface area (Å²) in [4.78, 5) is 27.4. The quantitative estimate of drug-likeness (QED) is 0.738. The molecule has 4 rings (SSSR count). The molecule has 0 unspecified atom stereocenters. The lowest BCUT2D eigenvalue weighted by Crippen LogP contribution is -2.49. The SMILES string of the molecule is CN1C(=O)c2ccc(S(=O)(=O)N3CCN(C4CC4)CC3)cc2C1=O. The van der Waals surface area contributed by atoms with Gasteiger partial charge in [0, 0.05) is 39.3 Å². The highest BCUT2D eigenvalue weighted by atomic mass is 32.2. The monoisotopic (exact) mass is 349 g/mol. The van der Waals surface area contributed by atoms with Crippen molar-refractivity contribution in [3.8, 4) is 0 Å². The molecule has 2 heterocycles. The Morgan fingerprint density at radius 3 is 2.21 bits per heavy atom. The molecule has 1 saturated carbocycles. The summed E-state index contributed by atoms with van der Waals surface area (Å²) in [5.74, 6) is -0.845. The molecule has 1 saturated heterocycles. The Morgan fingerprint density at radius 2 is 1.58 bits per heavy atom. The third-order valence-electron chi connectivity index (χ3n) is 5.04. The molecule has 1 aromatic rings. The van der Waals surface area contributed by atoms with E-state index in [9.17, 15) is 18.0 Å². The summed E-state index contributed by atoms with van der Waals surface area (Å²) < 4.78 is 27.2.